The molecular weight excluding hydrogens is 620 g/mol. The Morgan fingerprint density at radius 3 is 2.04 bits per heavy atom. The fourth-order valence-electron chi connectivity index (χ4n) is 6.01. The highest BCUT2D eigenvalue weighted by atomic mass is 16.5. The van der Waals surface area contributed by atoms with Crippen LogP contribution in [-0.2, 0) is 41.5 Å². The monoisotopic (exact) mass is 664 g/mol. The number of aromatic amines is 2. The molecule has 0 aromatic carbocycles. The van der Waals surface area contributed by atoms with Gasteiger partial charge in [-0.2, -0.15) is 0 Å². The van der Waals surface area contributed by atoms with Gasteiger partial charge in [0, 0.05) is 46.2 Å². The lowest BCUT2D eigenvalue weighted by Gasteiger charge is -2.05. The molecule has 256 valence electrons. The number of rotatable bonds is 14. The molecule has 0 aliphatic carbocycles. The van der Waals surface area contributed by atoms with E-state index in [0.717, 1.165) is 55.5 Å². The Bertz CT molecular complexity index is 1980. The number of allylic oxidation sites excluding steroid dienone is 3. The molecule has 3 N–H and O–H groups in total. The first-order chi connectivity index (χ1) is 23.4. The first kappa shape index (κ1) is 36.3. The Labute approximate surface area is 286 Å². The van der Waals surface area contributed by atoms with Crippen molar-refractivity contribution < 1.29 is 28.7 Å². The van der Waals surface area contributed by atoms with Crippen molar-refractivity contribution in [3.8, 4) is 0 Å². The number of hydrogen-bond donors (Lipinski definition) is 3. The molecule has 49 heavy (non-hydrogen) atoms. The second-order valence-corrected chi connectivity index (χ2v) is 11.9. The quantitative estimate of drug-likeness (QED) is 0.202. The molecule has 2 amide bonds. The minimum absolute atomic E-state index is 0.0682. The molecule has 0 bridgehead atoms. The summed E-state index contributed by atoms with van der Waals surface area (Å²) in [5.41, 5.74) is 8.46. The van der Waals surface area contributed by atoms with Gasteiger partial charge < -0.3 is 24.8 Å². The molecule has 1 atom stereocenters. The SMILES string of the molecule is C=CCOC(=O)CCc1c(/C=c2\[nH]/c(=C/C3=NC(=O)C(C=C)=C3C)c(C)c2CCC(=O)OCC=C)[nH]c(/C=C2\NC(=O)[C@H](C)\C2=C/C)c1C. The summed E-state index contributed by atoms with van der Waals surface area (Å²) in [7, 11) is 0. The lowest BCUT2D eigenvalue weighted by molar-refractivity contribution is -0.143. The molecule has 0 radical (unpaired) electrons. The van der Waals surface area contributed by atoms with E-state index in [1.165, 1.54) is 18.2 Å². The predicted molar refractivity (Wildman–Crippen MR) is 192 cm³/mol. The molecule has 10 heteroatoms. The van der Waals surface area contributed by atoms with Crippen LogP contribution in [0, 0.1) is 19.8 Å². The Hall–Kier alpha value is -5.51. The zero-order valence-electron chi connectivity index (χ0n) is 28.9. The van der Waals surface area contributed by atoms with Crippen molar-refractivity contribution in [2.24, 2.45) is 10.9 Å². The Kier molecular flexibility index (Phi) is 11.9. The minimum Gasteiger partial charge on any atom is -0.461 e. The van der Waals surface area contributed by atoms with Crippen LogP contribution in [0.15, 0.2) is 71.4 Å². The van der Waals surface area contributed by atoms with Crippen molar-refractivity contribution in [3.63, 3.8) is 0 Å². The van der Waals surface area contributed by atoms with Gasteiger partial charge in [0.2, 0.25) is 5.91 Å². The molecule has 2 aromatic rings. The molecule has 0 spiro atoms. The fraction of sp³-hybridized carbons (Fsp3) is 0.308. The number of aromatic nitrogens is 2. The summed E-state index contributed by atoms with van der Waals surface area (Å²) in [6.07, 6.45) is 13.2. The summed E-state index contributed by atoms with van der Waals surface area (Å²) in [4.78, 5) is 61.2. The van der Waals surface area contributed by atoms with E-state index in [2.05, 4.69) is 40.0 Å². The van der Waals surface area contributed by atoms with E-state index in [9.17, 15) is 19.2 Å². The van der Waals surface area contributed by atoms with Gasteiger partial charge >= 0.3 is 11.9 Å². The molecule has 0 unspecified atom stereocenters. The average Bonchev–Trinajstić information content (AvgIpc) is 3.72. The van der Waals surface area contributed by atoms with E-state index in [1.807, 2.05) is 58.9 Å². The normalized spacial score (nSPS) is 18.4. The smallest absolute Gasteiger partial charge is 0.306 e. The Morgan fingerprint density at radius 2 is 1.47 bits per heavy atom. The van der Waals surface area contributed by atoms with Gasteiger partial charge in [-0.05, 0) is 99.1 Å². The molecule has 4 heterocycles. The number of nitrogens with one attached hydrogen (secondary N) is 3. The van der Waals surface area contributed by atoms with Crippen molar-refractivity contribution in [3.05, 3.63) is 111 Å². The van der Waals surface area contributed by atoms with Crippen molar-refractivity contribution in [1.82, 2.24) is 15.3 Å². The van der Waals surface area contributed by atoms with Crippen LogP contribution in [0.25, 0.3) is 18.2 Å². The molecule has 1 fully saturated rings. The predicted octanol–water partition coefficient (Wildman–Crippen LogP) is 4.43. The third kappa shape index (κ3) is 8.14. The largest absolute Gasteiger partial charge is 0.461 e. The zero-order valence-corrected chi connectivity index (χ0v) is 28.9. The summed E-state index contributed by atoms with van der Waals surface area (Å²) in [6.45, 7) is 20.7. The summed E-state index contributed by atoms with van der Waals surface area (Å²) in [6, 6.07) is 0. The Balaban J connectivity index is 1.89. The summed E-state index contributed by atoms with van der Waals surface area (Å²) >= 11 is 0. The topological polar surface area (TPSA) is 143 Å². The Morgan fingerprint density at radius 1 is 0.837 bits per heavy atom. The highest BCUT2D eigenvalue weighted by Gasteiger charge is 2.29. The van der Waals surface area contributed by atoms with Crippen LogP contribution in [0.3, 0.4) is 0 Å². The van der Waals surface area contributed by atoms with Gasteiger partial charge in [-0.15, -0.1) is 0 Å². The van der Waals surface area contributed by atoms with Crippen LogP contribution in [0.4, 0.5) is 0 Å². The zero-order chi connectivity index (χ0) is 35.8. The molecular formula is C39H44N4O6. The van der Waals surface area contributed by atoms with Gasteiger partial charge in [0.1, 0.15) is 13.2 Å². The van der Waals surface area contributed by atoms with Gasteiger partial charge in [0.05, 0.1) is 11.6 Å². The maximum Gasteiger partial charge on any atom is 0.306 e. The summed E-state index contributed by atoms with van der Waals surface area (Å²) in [5.74, 6) is -1.38. The molecule has 2 aliphatic rings. The van der Waals surface area contributed by atoms with Crippen LogP contribution in [0.2, 0.25) is 0 Å². The lowest BCUT2D eigenvalue weighted by Crippen LogP contribution is -2.16. The third-order valence-corrected chi connectivity index (χ3v) is 8.83. The number of hydrogen-bond acceptors (Lipinski definition) is 6. The van der Waals surface area contributed by atoms with Crippen LogP contribution in [-0.4, -0.2) is 52.6 Å². The van der Waals surface area contributed by atoms with Crippen LogP contribution in [0.5, 0.6) is 0 Å². The highest BCUT2D eigenvalue weighted by Crippen LogP contribution is 2.29. The van der Waals surface area contributed by atoms with Gasteiger partial charge in [-0.25, -0.2) is 4.99 Å². The number of carbonyl (C=O) groups is 4. The standard InChI is InChI=1S/C39H44N4O6/c1-9-17-48-36(44)15-13-28-23(6)30(19-32-22(5)27(12-4)39(47)42-32)40-34(28)21-35-29(14-16-37(45)49-18-10-2)24(7)31(41-35)20-33-26(11-3)25(8)38(46)43-33/h9-12,19-21,25,40-41H,1-2,4,13-18H2,3,5-8H3,(H,43,46)/b26-11+,30-19+,33-20-,34-21-/t25-/m1/s1. The van der Waals surface area contributed by atoms with Crippen LogP contribution >= 0.6 is 0 Å². The highest BCUT2D eigenvalue weighted by molar-refractivity contribution is 6.31. The van der Waals surface area contributed by atoms with Crippen LogP contribution in [0.1, 0.15) is 67.3 Å². The molecule has 2 aliphatic heterocycles. The van der Waals surface area contributed by atoms with Crippen molar-refractivity contribution in [2.75, 3.05) is 13.2 Å². The molecule has 1 saturated heterocycles. The van der Waals surface area contributed by atoms with Gasteiger partial charge in [0.25, 0.3) is 5.91 Å². The molecule has 4 rings (SSSR count). The number of H-pyrrole nitrogens is 2. The van der Waals surface area contributed by atoms with E-state index < -0.39 is 0 Å². The van der Waals surface area contributed by atoms with E-state index in [-0.39, 0.29) is 55.7 Å². The first-order valence-corrected chi connectivity index (χ1v) is 16.2. The number of aliphatic imine (C=N–C) groups is 1. The third-order valence-electron chi connectivity index (χ3n) is 8.83. The van der Waals surface area contributed by atoms with E-state index in [4.69, 9.17) is 9.47 Å². The van der Waals surface area contributed by atoms with Gasteiger partial charge in [-0.3, -0.25) is 19.2 Å². The number of esters is 2. The maximum atomic E-state index is 12.5. The number of ether oxygens (including phenoxy) is 2. The summed E-state index contributed by atoms with van der Waals surface area (Å²) < 4.78 is 10.5. The first-order valence-electron chi connectivity index (χ1n) is 16.2. The number of nitrogens with zero attached hydrogens (tertiary/aromatic N) is 1. The van der Waals surface area contributed by atoms with Crippen molar-refractivity contribution in [2.45, 2.75) is 60.3 Å². The van der Waals surface area contributed by atoms with Gasteiger partial charge in [0.15, 0.2) is 0 Å². The number of amides is 2. The summed E-state index contributed by atoms with van der Waals surface area (Å²) in [5, 5.41) is 4.45. The molecule has 0 saturated carbocycles. The fourth-order valence-corrected chi connectivity index (χ4v) is 6.01. The van der Waals surface area contributed by atoms with Crippen molar-refractivity contribution >= 4 is 47.7 Å². The number of carbonyl (C=O) groups excluding carboxylic acids is 4. The van der Waals surface area contributed by atoms with Gasteiger partial charge in [-0.1, -0.05) is 44.0 Å². The van der Waals surface area contributed by atoms with E-state index >= 15 is 0 Å². The van der Waals surface area contributed by atoms with E-state index in [0.29, 0.717) is 29.8 Å². The second-order valence-electron chi connectivity index (χ2n) is 11.9. The second kappa shape index (κ2) is 16.1. The average molecular weight is 665 g/mol. The van der Waals surface area contributed by atoms with Crippen molar-refractivity contribution in [1.29, 1.82) is 0 Å². The minimum atomic E-state index is -0.354. The van der Waals surface area contributed by atoms with E-state index in [1.54, 1.807) is 0 Å². The molecule has 2 aromatic heterocycles. The lowest BCUT2D eigenvalue weighted by atomic mass is 10.00. The molecule has 10 nitrogen and oxygen atoms in total. The van der Waals surface area contributed by atoms with Crippen LogP contribution < -0.4 is 16.0 Å². The maximum absolute atomic E-state index is 12.5.